The fourth-order valence-corrected chi connectivity index (χ4v) is 4.82. The number of nitrogens with one attached hydrogen (secondary N) is 1. The number of nitrogens with zero attached hydrogens (tertiary/aromatic N) is 3. The van der Waals surface area contributed by atoms with Crippen molar-refractivity contribution in [1.29, 1.82) is 0 Å². The van der Waals surface area contributed by atoms with Gasteiger partial charge in [0, 0.05) is 48.8 Å². The number of ether oxygens (including phenoxy) is 1. The van der Waals surface area contributed by atoms with Crippen molar-refractivity contribution in [2.75, 3.05) is 6.54 Å². The van der Waals surface area contributed by atoms with Crippen molar-refractivity contribution in [3.05, 3.63) is 80.6 Å². The minimum Gasteiger partial charge on any atom is -0.439 e. The van der Waals surface area contributed by atoms with Gasteiger partial charge in [0.2, 0.25) is 5.88 Å². The predicted molar refractivity (Wildman–Crippen MR) is 124 cm³/mol. The summed E-state index contributed by atoms with van der Waals surface area (Å²) in [6.07, 6.45) is 8.51. The molecule has 1 aromatic carbocycles. The van der Waals surface area contributed by atoms with Gasteiger partial charge in [0.15, 0.2) is 0 Å². The largest absolute Gasteiger partial charge is 0.439 e. The third kappa shape index (κ3) is 4.71. The van der Waals surface area contributed by atoms with Crippen LogP contribution in [0.5, 0.6) is 11.6 Å². The van der Waals surface area contributed by atoms with Gasteiger partial charge in [-0.1, -0.05) is 36.9 Å². The highest BCUT2D eigenvalue weighted by atomic mass is 35.5. The lowest BCUT2D eigenvalue weighted by molar-refractivity contribution is 0.237. The lowest BCUT2D eigenvalue weighted by Crippen LogP contribution is -2.36. The van der Waals surface area contributed by atoms with Crippen LogP contribution >= 0.6 is 11.6 Å². The second kappa shape index (κ2) is 9.43. The molecule has 0 spiro atoms. The Morgan fingerprint density at radius 3 is 2.75 bits per heavy atom. The Morgan fingerprint density at radius 2 is 1.94 bits per heavy atom. The maximum Gasteiger partial charge on any atom is 0.255 e. The third-order valence-corrected chi connectivity index (χ3v) is 6.68. The van der Waals surface area contributed by atoms with Crippen molar-refractivity contribution in [2.24, 2.45) is 0 Å². The van der Waals surface area contributed by atoms with Crippen LogP contribution in [0.2, 0.25) is 5.02 Å². The molecule has 0 amide bonds. The second-order valence-electron chi connectivity index (χ2n) is 8.70. The minimum absolute atomic E-state index is 0.0177. The molecule has 32 heavy (non-hydrogen) atoms. The first kappa shape index (κ1) is 21.2. The van der Waals surface area contributed by atoms with Crippen LogP contribution in [-0.4, -0.2) is 26.4 Å². The maximum atomic E-state index is 12.9. The summed E-state index contributed by atoms with van der Waals surface area (Å²) in [6.45, 7) is 2.08. The normalized spacial score (nSPS) is 17.2. The van der Waals surface area contributed by atoms with Crippen LogP contribution < -0.4 is 10.3 Å². The van der Waals surface area contributed by atoms with Crippen LogP contribution in [0.1, 0.15) is 60.7 Å². The number of hydrogen-bond donors (Lipinski definition) is 1. The van der Waals surface area contributed by atoms with Gasteiger partial charge >= 0.3 is 0 Å². The monoisotopic (exact) mass is 450 g/mol. The van der Waals surface area contributed by atoms with E-state index in [0.717, 1.165) is 48.5 Å². The summed E-state index contributed by atoms with van der Waals surface area (Å²) in [5, 5.41) is 0.663. The van der Waals surface area contributed by atoms with Gasteiger partial charge in [-0.3, -0.25) is 9.69 Å². The molecule has 5 rings (SSSR count). The van der Waals surface area contributed by atoms with E-state index in [1.54, 1.807) is 18.3 Å². The van der Waals surface area contributed by atoms with Gasteiger partial charge in [0.1, 0.15) is 11.6 Å². The van der Waals surface area contributed by atoms with Crippen molar-refractivity contribution >= 4 is 11.6 Å². The first-order valence-corrected chi connectivity index (χ1v) is 11.7. The Hall–Kier alpha value is -2.70. The highest BCUT2D eigenvalue weighted by molar-refractivity contribution is 6.30. The molecule has 2 aromatic heterocycles. The Balaban J connectivity index is 1.31. The van der Waals surface area contributed by atoms with Crippen LogP contribution in [0, 0.1) is 0 Å². The lowest BCUT2D eigenvalue weighted by atomic mass is 9.88. The Bertz CT molecular complexity index is 1140. The molecular weight excluding hydrogens is 424 g/mol. The highest BCUT2D eigenvalue weighted by Gasteiger charge is 2.25. The fraction of sp³-hybridized carbons (Fsp3) is 0.400. The number of pyridine rings is 1. The smallest absolute Gasteiger partial charge is 0.255 e. The third-order valence-electron chi connectivity index (χ3n) is 6.43. The molecule has 1 saturated carbocycles. The van der Waals surface area contributed by atoms with Crippen LogP contribution in [0.3, 0.4) is 0 Å². The number of rotatable bonds is 5. The molecule has 0 unspecified atom stereocenters. The molecule has 0 saturated heterocycles. The summed E-state index contributed by atoms with van der Waals surface area (Å²) in [4.78, 5) is 27.6. The summed E-state index contributed by atoms with van der Waals surface area (Å²) in [5.41, 5.74) is 2.76. The number of aromatic nitrogens is 3. The van der Waals surface area contributed by atoms with Gasteiger partial charge in [-0.2, -0.15) is 0 Å². The standard InChI is InChI=1S/C25H27ClN4O2/c26-19-8-10-20(11-9-19)32-25-18(7-4-13-27-25)15-30-14-12-22-21(16-30)24(31)29-23(28-22)17-5-2-1-3-6-17/h4,7-11,13,17H,1-3,5-6,12,14-16H2,(H,28,29,31). The molecule has 6 nitrogen and oxygen atoms in total. The molecule has 0 atom stereocenters. The fourth-order valence-electron chi connectivity index (χ4n) is 4.70. The van der Waals surface area contributed by atoms with E-state index in [4.69, 9.17) is 21.3 Å². The van der Waals surface area contributed by atoms with Gasteiger partial charge < -0.3 is 9.72 Å². The Labute approximate surface area is 192 Å². The zero-order chi connectivity index (χ0) is 21.9. The maximum absolute atomic E-state index is 12.9. The van der Waals surface area contributed by atoms with Gasteiger partial charge in [-0.15, -0.1) is 0 Å². The van der Waals surface area contributed by atoms with Crippen LogP contribution in [0.4, 0.5) is 0 Å². The van der Waals surface area contributed by atoms with E-state index in [1.807, 2.05) is 24.3 Å². The quantitative estimate of drug-likeness (QED) is 0.577. The van der Waals surface area contributed by atoms with E-state index in [2.05, 4.69) is 14.9 Å². The summed E-state index contributed by atoms with van der Waals surface area (Å²) in [7, 11) is 0. The SMILES string of the molecule is O=c1[nH]c(C2CCCCC2)nc2c1CN(Cc1cccnc1Oc1ccc(Cl)cc1)CC2. The van der Waals surface area contributed by atoms with Crippen LogP contribution in [-0.2, 0) is 19.5 Å². The molecular formula is C25H27ClN4O2. The van der Waals surface area contributed by atoms with Crippen molar-refractivity contribution < 1.29 is 4.74 Å². The van der Waals surface area contributed by atoms with Crippen LogP contribution in [0.15, 0.2) is 47.4 Å². The molecule has 1 N–H and O–H groups in total. The molecule has 0 radical (unpaired) electrons. The van der Waals surface area contributed by atoms with Crippen molar-refractivity contribution in [1.82, 2.24) is 19.9 Å². The molecule has 3 heterocycles. The first-order chi connectivity index (χ1) is 15.7. The van der Waals surface area contributed by atoms with Crippen molar-refractivity contribution in [3.63, 3.8) is 0 Å². The molecule has 2 aliphatic rings. The van der Waals surface area contributed by atoms with E-state index in [0.29, 0.717) is 35.7 Å². The summed E-state index contributed by atoms with van der Waals surface area (Å²) in [6, 6.07) is 11.2. The van der Waals surface area contributed by atoms with E-state index in [9.17, 15) is 4.79 Å². The number of H-pyrrole nitrogens is 1. The molecule has 1 aliphatic heterocycles. The average Bonchev–Trinajstić information content (AvgIpc) is 2.82. The van der Waals surface area contributed by atoms with Gasteiger partial charge in [-0.25, -0.2) is 9.97 Å². The van der Waals surface area contributed by atoms with Gasteiger partial charge in [-0.05, 0) is 43.2 Å². The minimum atomic E-state index is 0.0177. The number of fused-ring (bicyclic) bond motifs is 1. The molecule has 3 aromatic rings. The second-order valence-corrected chi connectivity index (χ2v) is 9.13. The summed E-state index contributed by atoms with van der Waals surface area (Å²) >= 11 is 5.97. The average molecular weight is 451 g/mol. The van der Waals surface area contributed by atoms with E-state index >= 15 is 0 Å². The Kier molecular flexibility index (Phi) is 6.23. The molecule has 7 heteroatoms. The van der Waals surface area contributed by atoms with Gasteiger partial charge in [0.05, 0.1) is 11.3 Å². The van der Waals surface area contributed by atoms with Crippen molar-refractivity contribution in [2.45, 2.75) is 57.5 Å². The van der Waals surface area contributed by atoms with E-state index < -0.39 is 0 Å². The molecule has 1 fully saturated rings. The summed E-state index contributed by atoms with van der Waals surface area (Å²) < 4.78 is 6.01. The molecule has 0 bridgehead atoms. The van der Waals surface area contributed by atoms with E-state index in [1.165, 1.54) is 19.3 Å². The zero-order valence-electron chi connectivity index (χ0n) is 18.0. The lowest BCUT2D eigenvalue weighted by Gasteiger charge is -2.29. The number of benzene rings is 1. The van der Waals surface area contributed by atoms with Crippen molar-refractivity contribution in [3.8, 4) is 11.6 Å². The number of hydrogen-bond acceptors (Lipinski definition) is 5. The zero-order valence-corrected chi connectivity index (χ0v) is 18.8. The summed E-state index contributed by atoms with van der Waals surface area (Å²) in [5.74, 6) is 2.56. The molecule has 1 aliphatic carbocycles. The number of halogens is 1. The van der Waals surface area contributed by atoms with Crippen LogP contribution in [0.25, 0.3) is 0 Å². The predicted octanol–water partition coefficient (Wildman–Crippen LogP) is 5.22. The van der Waals surface area contributed by atoms with Gasteiger partial charge in [0.25, 0.3) is 5.56 Å². The van der Waals surface area contributed by atoms with E-state index in [-0.39, 0.29) is 5.56 Å². The molecule has 166 valence electrons. The topological polar surface area (TPSA) is 71.1 Å². The first-order valence-electron chi connectivity index (χ1n) is 11.4. The highest BCUT2D eigenvalue weighted by Crippen LogP contribution is 2.31. The number of aromatic amines is 1. The Morgan fingerprint density at radius 1 is 1.12 bits per heavy atom.